The van der Waals surface area contributed by atoms with E-state index >= 15 is 0 Å². The van der Waals surface area contributed by atoms with Crippen LogP contribution in [0.1, 0.15) is 11.1 Å². The minimum atomic E-state index is -1.28. The van der Waals surface area contributed by atoms with E-state index in [9.17, 15) is 9.90 Å². The van der Waals surface area contributed by atoms with Crippen LogP contribution in [0.25, 0.3) is 16.8 Å². The van der Waals surface area contributed by atoms with Gasteiger partial charge in [0.05, 0.1) is 0 Å². The zero-order valence-electron chi connectivity index (χ0n) is 13.6. The maximum atomic E-state index is 11.3. The fourth-order valence-electron chi connectivity index (χ4n) is 2.61. The number of fused-ring (bicyclic) bond motifs is 1. The van der Waals surface area contributed by atoms with Crippen LogP contribution in [-0.2, 0) is 11.4 Å². The number of benzene rings is 3. The molecule has 0 aromatic heterocycles. The van der Waals surface area contributed by atoms with Crippen molar-refractivity contribution in [3.63, 3.8) is 0 Å². The lowest BCUT2D eigenvalue weighted by Gasteiger charge is -2.13. The van der Waals surface area contributed by atoms with Crippen LogP contribution >= 0.6 is 11.6 Å². The first-order chi connectivity index (χ1) is 12.6. The number of carbonyl (C=O) groups is 1. The fourth-order valence-corrected chi connectivity index (χ4v) is 2.80. The summed E-state index contributed by atoms with van der Waals surface area (Å²) < 4.78 is 5.91. The van der Waals surface area contributed by atoms with E-state index in [1.165, 1.54) is 6.08 Å². The first-order valence-corrected chi connectivity index (χ1v) is 8.21. The molecule has 0 radical (unpaired) electrons. The molecular weight excluding hydrogens is 350 g/mol. The fraction of sp³-hybridized carbons (Fsp3) is 0.0476. The molecule has 0 bridgehead atoms. The molecule has 26 heavy (non-hydrogen) atoms. The van der Waals surface area contributed by atoms with Crippen molar-refractivity contribution < 1.29 is 14.6 Å². The number of nitriles is 1. The van der Waals surface area contributed by atoms with Gasteiger partial charge in [0.15, 0.2) is 0 Å². The smallest absolute Gasteiger partial charge is 0.346 e. The third-order valence-electron chi connectivity index (χ3n) is 3.91. The van der Waals surface area contributed by atoms with E-state index in [2.05, 4.69) is 0 Å². The van der Waals surface area contributed by atoms with Crippen molar-refractivity contribution >= 4 is 34.4 Å². The van der Waals surface area contributed by atoms with Crippen molar-refractivity contribution in [2.24, 2.45) is 0 Å². The van der Waals surface area contributed by atoms with Crippen molar-refractivity contribution in [1.82, 2.24) is 0 Å². The molecule has 3 rings (SSSR count). The molecule has 0 aliphatic carbocycles. The highest BCUT2D eigenvalue weighted by Gasteiger charge is 2.12. The van der Waals surface area contributed by atoms with Crippen LogP contribution in [0.3, 0.4) is 0 Å². The second-order valence-corrected chi connectivity index (χ2v) is 5.96. The Hall–Kier alpha value is -3.29. The summed E-state index contributed by atoms with van der Waals surface area (Å²) in [7, 11) is 0. The molecule has 1 N–H and O–H groups in total. The molecule has 128 valence electrons. The Morgan fingerprint density at radius 2 is 1.85 bits per heavy atom. The number of hydrogen-bond acceptors (Lipinski definition) is 3. The van der Waals surface area contributed by atoms with E-state index in [0.29, 0.717) is 16.3 Å². The van der Waals surface area contributed by atoms with Gasteiger partial charge >= 0.3 is 5.97 Å². The van der Waals surface area contributed by atoms with Gasteiger partial charge in [-0.2, -0.15) is 5.26 Å². The van der Waals surface area contributed by atoms with Crippen molar-refractivity contribution in [3.05, 3.63) is 82.4 Å². The minimum absolute atomic E-state index is 0.230. The Kier molecular flexibility index (Phi) is 5.21. The standard InChI is InChI=1S/C21H14ClNO3/c22-19-8-4-2-6-15(19)13-26-20-10-9-14-5-1-3-7-17(14)18(20)11-16(12-23)21(24)25/h1-11H,13H2,(H,24,25). The summed E-state index contributed by atoms with van der Waals surface area (Å²) in [5.41, 5.74) is 1.01. The summed E-state index contributed by atoms with van der Waals surface area (Å²) in [6.45, 7) is 0.230. The average Bonchev–Trinajstić information content (AvgIpc) is 2.65. The summed E-state index contributed by atoms with van der Waals surface area (Å²) in [5, 5.41) is 20.6. The Balaban J connectivity index is 2.07. The molecule has 0 unspecified atom stereocenters. The van der Waals surface area contributed by atoms with Gasteiger partial charge in [-0.1, -0.05) is 60.1 Å². The second-order valence-electron chi connectivity index (χ2n) is 5.55. The van der Waals surface area contributed by atoms with Gasteiger partial charge in [0.25, 0.3) is 0 Å². The molecule has 0 fully saturated rings. The number of aliphatic carboxylic acids is 1. The number of carboxylic acid groups (broad SMARTS) is 1. The van der Waals surface area contributed by atoms with Crippen LogP contribution in [0, 0.1) is 11.3 Å². The number of carboxylic acids is 1. The summed E-state index contributed by atoms with van der Waals surface area (Å²) in [6.07, 6.45) is 1.34. The first-order valence-electron chi connectivity index (χ1n) is 7.83. The Morgan fingerprint density at radius 1 is 1.12 bits per heavy atom. The van der Waals surface area contributed by atoms with Gasteiger partial charge in [0.2, 0.25) is 0 Å². The maximum Gasteiger partial charge on any atom is 0.346 e. The van der Waals surface area contributed by atoms with E-state index < -0.39 is 5.97 Å². The molecule has 5 heteroatoms. The molecule has 0 aliphatic heterocycles. The van der Waals surface area contributed by atoms with Crippen molar-refractivity contribution in [2.75, 3.05) is 0 Å². The summed E-state index contributed by atoms with van der Waals surface area (Å²) in [4.78, 5) is 11.3. The number of nitrogens with zero attached hydrogens (tertiary/aromatic N) is 1. The van der Waals surface area contributed by atoms with E-state index in [1.807, 2.05) is 48.5 Å². The van der Waals surface area contributed by atoms with Crippen molar-refractivity contribution in [1.29, 1.82) is 5.26 Å². The molecular formula is C21H14ClNO3. The molecule has 3 aromatic carbocycles. The number of ether oxygens (including phenoxy) is 1. The maximum absolute atomic E-state index is 11.3. The van der Waals surface area contributed by atoms with Gasteiger partial charge in [0.1, 0.15) is 24.0 Å². The van der Waals surface area contributed by atoms with Crippen LogP contribution in [0.15, 0.2) is 66.2 Å². The van der Waals surface area contributed by atoms with E-state index in [4.69, 9.17) is 21.6 Å². The Morgan fingerprint density at radius 3 is 2.58 bits per heavy atom. The lowest BCUT2D eigenvalue weighted by molar-refractivity contribution is -0.132. The van der Waals surface area contributed by atoms with Crippen LogP contribution in [0.5, 0.6) is 5.75 Å². The number of rotatable bonds is 5. The van der Waals surface area contributed by atoms with Crippen LogP contribution in [0.4, 0.5) is 0 Å². The highest BCUT2D eigenvalue weighted by molar-refractivity contribution is 6.31. The van der Waals surface area contributed by atoms with Crippen LogP contribution in [0.2, 0.25) is 5.02 Å². The van der Waals surface area contributed by atoms with Crippen molar-refractivity contribution in [2.45, 2.75) is 6.61 Å². The topological polar surface area (TPSA) is 70.3 Å². The molecule has 0 saturated heterocycles. The molecule has 4 nitrogen and oxygen atoms in total. The van der Waals surface area contributed by atoms with E-state index in [0.717, 1.165) is 16.3 Å². The Labute approximate surface area is 155 Å². The predicted molar refractivity (Wildman–Crippen MR) is 101 cm³/mol. The molecule has 0 saturated carbocycles. The normalized spacial score (nSPS) is 11.2. The first kappa shape index (κ1) is 17.5. The molecule has 3 aromatic rings. The van der Waals surface area contributed by atoms with Gasteiger partial charge < -0.3 is 9.84 Å². The molecule has 0 spiro atoms. The third-order valence-corrected chi connectivity index (χ3v) is 4.28. The molecule has 0 heterocycles. The molecule has 0 atom stereocenters. The summed E-state index contributed by atoms with van der Waals surface area (Å²) >= 11 is 6.16. The monoisotopic (exact) mass is 363 g/mol. The SMILES string of the molecule is N#CC(=Cc1c(OCc2ccccc2Cl)ccc2ccccc12)C(=O)O. The average molecular weight is 364 g/mol. The van der Waals surface area contributed by atoms with E-state index in [-0.39, 0.29) is 12.2 Å². The lowest BCUT2D eigenvalue weighted by Crippen LogP contribution is -2.01. The number of halogens is 1. The lowest BCUT2D eigenvalue weighted by atomic mass is 10.0. The number of hydrogen-bond donors (Lipinski definition) is 1. The van der Waals surface area contributed by atoms with Gasteiger partial charge in [-0.3, -0.25) is 0 Å². The third kappa shape index (κ3) is 3.69. The summed E-state index contributed by atoms with van der Waals surface area (Å²) in [5.74, 6) is -0.796. The van der Waals surface area contributed by atoms with Gasteiger partial charge in [0, 0.05) is 16.1 Å². The molecule has 0 aliphatic rings. The Bertz CT molecular complexity index is 1050. The largest absolute Gasteiger partial charge is 0.488 e. The minimum Gasteiger partial charge on any atom is -0.488 e. The zero-order valence-corrected chi connectivity index (χ0v) is 14.4. The molecule has 0 amide bonds. The highest BCUT2D eigenvalue weighted by atomic mass is 35.5. The predicted octanol–water partition coefficient (Wildman–Crippen LogP) is 5.06. The van der Waals surface area contributed by atoms with E-state index in [1.54, 1.807) is 18.2 Å². The highest BCUT2D eigenvalue weighted by Crippen LogP contribution is 2.31. The van der Waals surface area contributed by atoms with Gasteiger partial charge in [-0.15, -0.1) is 0 Å². The van der Waals surface area contributed by atoms with Gasteiger partial charge in [-0.05, 0) is 29.0 Å². The zero-order chi connectivity index (χ0) is 18.5. The van der Waals surface area contributed by atoms with Crippen LogP contribution < -0.4 is 4.74 Å². The van der Waals surface area contributed by atoms with Crippen molar-refractivity contribution in [3.8, 4) is 11.8 Å². The second kappa shape index (κ2) is 7.73. The van der Waals surface area contributed by atoms with Gasteiger partial charge in [-0.25, -0.2) is 4.79 Å². The van der Waals surface area contributed by atoms with Crippen LogP contribution in [-0.4, -0.2) is 11.1 Å². The quantitative estimate of drug-likeness (QED) is 0.508. The summed E-state index contributed by atoms with van der Waals surface area (Å²) in [6, 6.07) is 20.2.